The minimum atomic E-state index is 0.221. The smallest absolute Gasteiger partial charge is 0.218 e. The van der Waals surface area contributed by atoms with Gasteiger partial charge in [0.05, 0.1) is 32.0 Å². The number of anilines is 1. The highest BCUT2D eigenvalue weighted by atomic mass is 16.5. The van der Waals surface area contributed by atoms with E-state index < -0.39 is 0 Å². The van der Waals surface area contributed by atoms with Crippen LogP contribution in [0.2, 0.25) is 0 Å². The first-order chi connectivity index (χ1) is 13.3. The predicted molar refractivity (Wildman–Crippen MR) is 99.4 cm³/mol. The third-order valence-corrected chi connectivity index (χ3v) is 4.63. The molecule has 1 atom stereocenters. The molecule has 1 aliphatic rings. The van der Waals surface area contributed by atoms with E-state index in [1.165, 1.54) is 6.33 Å². The molecular weight excluding hydrogens is 344 g/mol. The number of hydrogen-bond donors (Lipinski definition) is 0. The van der Waals surface area contributed by atoms with Gasteiger partial charge in [-0.25, -0.2) is 9.97 Å². The van der Waals surface area contributed by atoms with Crippen LogP contribution in [0.15, 0.2) is 49.2 Å². The molecule has 0 aromatic carbocycles. The standard InChI is InChI=1S/C19H22N6O2/c1-26-19-9-18(21-14-22-19)24-11-16-4-7-23-25(16)17(12-24)5-8-27-13-15-3-2-6-20-10-15/h2-4,6-7,9-10,14,17H,5,8,11-13H2,1H3. The van der Waals surface area contributed by atoms with Crippen molar-refractivity contribution in [1.29, 1.82) is 0 Å². The Hall–Kier alpha value is -3.00. The molecule has 27 heavy (non-hydrogen) atoms. The molecule has 0 saturated heterocycles. The number of hydrogen-bond acceptors (Lipinski definition) is 7. The maximum absolute atomic E-state index is 5.85. The third-order valence-electron chi connectivity index (χ3n) is 4.63. The summed E-state index contributed by atoms with van der Waals surface area (Å²) in [5.41, 5.74) is 2.24. The van der Waals surface area contributed by atoms with Crippen molar-refractivity contribution >= 4 is 5.82 Å². The van der Waals surface area contributed by atoms with Gasteiger partial charge in [-0.2, -0.15) is 5.10 Å². The Labute approximate surface area is 157 Å². The molecule has 0 fully saturated rings. The van der Waals surface area contributed by atoms with Gasteiger partial charge < -0.3 is 14.4 Å². The molecule has 4 rings (SSSR count). The van der Waals surface area contributed by atoms with Crippen LogP contribution in [-0.4, -0.2) is 45.0 Å². The fraction of sp³-hybridized carbons (Fsp3) is 0.368. The maximum Gasteiger partial charge on any atom is 0.218 e. The third kappa shape index (κ3) is 4.06. The largest absolute Gasteiger partial charge is 0.481 e. The summed E-state index contributed by atoms with van der Waals surface area (Å²) in [7, 11) is 1.61. The molecule has 4 heterocycles. The van der Waals surface area contributed by atoms with Crippen molar-refractivity contribution in [2.24, 2.45) is 0 Å². The molecule has 0 spiro atoms. The van der Waals surface area contributed by atoms with Gasteiger partial charge in [-0.05, 0) is 24.1 Å². The quantitative estimate of drug-likeness (QED) is 0.593. The van der Waals surface area contributed by atoms with Crippen molar-refractivity contribution in [3.8, 4) is 5.88 Å². The van der Waals surface area contributed by atoms with E-state index in [2.05, 4.69) is 29.6 Å². The van der Waals surface area contributed by atoms with E-state index in [1.54, 1.807) is 13.3 Å². The predicted octanol–water partition coefficient (Wildman–Crippen LogP) is 2.24. The van der Waals surface area contributed by atoms with Crippen LogP contribution in [-0.2, 0) is 17.9 Å². The van der Waals surface area contributed by atoms with Gasteiger partial charge in [0.15, 0.2) is 0 Å². The summed E-state index contributed by atoms with van der Waals surface area (Å²) in [5.74, 6) is 1.42. The lowest BCUT2D eigenvalue weighted by atomic mass is 10.1. The minimum absolute atomic E-state index is 0.221. The number of aromatic nitrogens is 5. The maximum atomic E-state index is 5.85. The van der Waals surface area contributed by atoms with Gasteiger partial charge in [0.1, 0.15) is 12.1 Å². The zero-order valence-electron chi connectivity index (χ0n) is 15.2. The average molecular weight is 366 g/mol. The van der Waals surface area contributed by atoms with E-state index in [9.17, 15) is 0 Å². The lowest BCUT2D eigenvalue weighted by molar-refractivity contribution is 0.105. The first-order valence-electron chi connectivity index (χ1n) is 8.93. The van der Waals surface area contributed by atoms with Crippen LogP contribution in [0, 0.1) is 0 Å². The lowest BCUT2D eigenvalue weighted by Crippen LogP contribution is -2.38. The van der Waals surface area contributed by atoms with Crippen molar-refractivity contribution in [1.82, 2.24) is 24.7 Å². The Balaban J connectivity index is 1.41. The molecule has 140 valence electrons. The monoisotopic (exact) mass is 366 g/mol. The Morgan fingerprint density at radius 3 is 3.04 bits per heavy atom. The average Bonchev–Trinajstić information content (AvgIpc) is 3.21. The minimum Gasteiger partial charge on any atom is -0.481 e. The second-order valence-corrected chi connectivity index (χ2v) is 6.42. The van der Waals surface area contributed by atoms with Gasteiger partial charge in [0.2, 0.25) is 5.88 Å². The normalized spacial score (nSPS) is 16.2. The van der Waals surface area contributed by atoms with E-state index >= 15 is 0 Å². The lowest BCUT2D eigenvalue weighted by Gasteiger charge is -2.34. The SMILES string of the molecule is COc1cc(N2Cc3ccnn3C(CCOCc3cccnc3)C2)ncn1. The van der Waals surface area contributed by atoms with Crippen LogP contribution < -0.4 is 9.64 Å². The summed E-state index contributed by atoms with van der Waals surface area (Å²) >= 11 is 0. The van der Waals surface area contributed by atoms with Crippen molar-refractivity contribution in [2.75, 3.05) is 25.2 Å². The van der Waals surface area contributed by atoms with E-state index in [1.807, 2.05) is 36.7 Å². The highest BCUT2D eigenvalue weighted by molar-refractivity contribution is 5.42. The molecule has 8 heteroatoms. The number of fused-ring (bicyclic) bond motifs is 1. The summed E-state index contributed by atoms with van der Waals surface area (Å²) < 4.78 is 13.2. The summed E-state index contributed by atoms with van der Waals surface area (Å²) in [6.07, 6.45) is 7.85. The van der Waals surface area contributed by atoms with Crippen LogP contribution in [0.4, 0.5) is 5.82 Å². The Morgan fingerprint density at radius 1 is 1.22 bits per heavy atom. The van der Waals surface area contributed by atoms with Gasteiger partial charge in [-0.3, -0.25) is 9.67 Å². The van der Waals surface area contributed by atoms with E-state index in [0.29, 0.717) is 19.1 Å². The second kappa shape index (κ2) is 8.13. The van der Waals surface area contributed by atoms with Gasteiger partial charge in [-0.15, -0.1) is 0 Å². The summed E-state index contributed by atoms with van der Waals surface area (Å²) in [5, 5.41) is 4.50. The first kappa shape index (κ1) is 17.4. The number of pyridine rings is 1. The highest BCUT2D eigenvalue weighted by Gasteiger charge is 2.26. The fourth-order valence-electron chi connectivity index (χ4n) is 3.28. The fourth-order valence-corrected chi connectivity index (χ4v) is 3.28. The van der Waals surface area contributed by atoms with Gasteiger partial charge in [-0.1, -0.05) is 6.07 Å². The molecule has 1 unspecified atom stereocenters. The molecule has 0 aliphatic carbocycles. The molecule has 8 nitrogen and oxygen atoms in total. The number of nitrogens with zero attached hydrogens (tertiary/aromatic N) is 6. The highest BCUT2D eigenvalue weighted by Crippen LogP contribution is 2.27. The van der Waals surface area contributed by atoms with Crippen LogP contribution in [0.25, 0.3) is 0 Å². The summed E-state index contributed by atoms with van der Waals surface area (Å²) in [6.45, 7) is 2.79. The van der Waals surface area contributed by atoms with Crippen LogP contribution >= 0.6 is 0 Å². The van der Waals surface area contributed by atoms with Crippen molar-refractivity contribution in [3.05, 3.63) is 60.4 Å². The van der Waals surface area contributed by atoms with E-state index in [0.717, 1.165) is 36.6 Å². The first-order valence-corrected chi connectivity index (χ1v) is 8.93. The molecule has 0 radical (unpaired) electrons. The topological polar surface area (TPSA) is 78.2 Å². The zero-order chi connectivity index (χ0) is 18.5. The molecule has 3 aromatic heterocycles. The number of methoxy groups -OCH3 is 1. The summed E-state index contributed by atoms with van der Waals surface area (Å²) in [6, 6.07) is 8.07. The van der Waals surface area contributed by atoms with E-state index in [-0.39, 0.29) is 6.04 Å². The van der Waals surface area contributed by atoms with E-state index in [4.69, 9.17) is 9.47 Å². The Kier molecular flexibility index (Phi) is 5.24. The number of rotatable bonds is 7. The zero-order valence-corrected chi connectivity index (χ0v) is 15.2. The van der Waals surface area contributed by atoms with Crippen molar-refractivity contribution in [2.45, 2.75) is 25.6 Å². The summed E-state index contributed by atoms with van der Waals surface area (Å²) in [4.78, 5) is 14.8. The van der Waals surface area contributed by atoms with Crippen molar-refractivity contribution < 1.29 is 9.47 Å². The molecule has 1 aliphatic heterocycles. The number of ether oxygens (including phenoxy) is 2. The second-order valence-electron chi connectivity index (χ2n) is 6.42. The van der Waals surface area contributed by atoms with Crippen LogP contribution in [0.3, 0.4) is 0 Å². The van der Waals surface area contributed by atoms with Crippen molar-refractivity contribution in [3.63, 3.8) is 0 Å². The molecule has 3 aromatic rings. The molecule has 0 bridgehead atoms. The van der Waals surface area contributed by atoms with Crippen LogP contribution in [0.5, 0.6) is 5.88 Å². The Bertz CT molecular complexity index is 869. The molecule has 0 N–H and O–H groups in total. The Morgan fingerprint density at radius 2 is 2.19 bits per heavy atom. The molecule has 0 saturated carbocycles. The van der Waals surface area contributed by atoms with Crippen LogP contribution in [0.1, 0.15) is 23.7 Å². The van der Waals surface area contributed by atoms with Gasteiger partial charge in [0.25, 0.3) is 0 Å². The molecular formula is C19H22N6O2. The van der Waals surface area contributed by atoms with Gasteiger partial charge >= 0.3 is 0 Å². The molecule has 0 amide bonds. The van der Waals surface area contributed by atoms with Gasteiger partial charge in [0, 0.05) is 37.8 Å².